The van der Waals surface area contributed by atoms with Crippen molar-refractivity contribution in [2.75, 3.05) is 29.7 Å². The average molecular weight is 281 g/mol. The lowest BCUT2D eigenvalue weighted by atomic mass is 10.2. The zero-order valence-electron chi connectivity index (χ0n) is 10.1. The molecule has 1 amide bonds. The maximum Gasteiger partial charge on any atom is 0.239 e. The maximum absolute atomic E-state index is 11.3. The van der Waals surface area contributed by atoms with Gasteiger partial charge in [0.1, 0.15) is 17.6 Å². The second-order valence-electron chi connectivity index (χ2n) is 4.07. The summed E-state index contributed by atoms with van der Waals surface area (Å²) in [6.07, 6.45) is 2.72. The van der Waals surface area contributed by atoms with Crippen molar-refractivity contribution in [1.29, 1.82) is 5.26 Å². The first-order chi connectivity index (χ1) is 9.22. The minimum atomic E-state index is -0.334. The summed E-state index contributed by atoms with van der Waals surface area (Å²) < 4.78 is 5.30. The topological polar surface area (TPSA) is 87.0 Å². The molecule has 2 heterocycles. The van der Waals surface area contributed by atoms with Crippen molar-refractivity contribution in [3.63, 3.8) is 0 Å². The highest BCUT2D eigenvalue weighted by atomic mass is 35.5. The van der Waals surface area contributed by atoms with Crippen LogP contribution in [0.5, 0.6) is 0 Å². The molecular weight excluding hydrogens is 268 g/mol. The number of nitriles is 1. The Kier molecular flexibility index (Phi) is 4.55. The smallest absolute Gasteiger partial charge is 0.239 e. The first-order valence-corrected chi connectivity index (χ1v) is 6.38. The lowest BCUT2D eigenvalue weighted by Crippen LogP contribution is -2.33. The van der Waals surface area contributed by atoms with Crippen molar-refractivity contribution in [3.8, 4) is 6.07 Å². The quantitative estimate of drug-likeness (QED) is 0.795. The zero-order chi connectivity index (χ0) is 13.7. The molecular formula is C12H13ClN4O2. The van der Waals surface area contributed by atoms with Crippen molar-refractivity contribution in [1.82, 2.24) is 4.98 Å². The Balaban J connectivity index is 2.10. The molecule has 1 aromatic rings. The fourth-order valence-corrected chi connectivity index (χ4v) is 1.68. The molecule has 0 saturated carbocycles. The number of anilines is 2. The van der Waals surface area contributed by atoms with Gasteiger partial charge < -0.3 is 15.4 Å². The molecule has 100 valence electrons. The predicted octanol–water partition coefficient (Wildman–Crippen LogP) is 1.33. The van der Waals surface area contributed by atoms with Gasteiger partial charge in [0.25, 0.3) is 0 Å². The van der Waals surface area contributed by atoms with Crippen molar-refractivity contribution in [2.45, 2.75) is 12.5 Å². The number of carbonyl (C=O) groups is 1. The van der Waals surface area contributed by atoms with E-state index >= 15 is 0 Å². The third-order valence-electron chi connectivity index (χ3n) is 2.73. The molecule has 0 unspecified atom stereocenters. The Morgan fingerprint density at radius 1 is 1.63 bits per heavy atom. The molecule has 2 N–H and O–H groups in total. The van der Waals surface area contributed by atoms with Crippen LogP contribution in [0, 0.1) is 11.3 Å². The van der Waals surface area contributed by atoms with Crippen LogP contribution in [-0.2, 0) is 9.53 Å². The van der Waals surface area contributed by atoms with Gasteiger partial charge in [-0.3, -0.25) is 4.79 Å². The summed E-state index contributed by atoms with van der Waals surface area (Å²) in [7, 11) is 0. The number of aromatic nitrogens is 1. The normalized spacial score (nSPS) is 17.2. The van der Waals surface area contributed by atoms with Gasteiger partial charge in [0.05, 0.1) is 23.7 Å². The summed E-state index contributed by atoms with van der Waals surface area (Å²) in [6.45, 7) is 1.42. The van der Waals surface area contributed by atoms with Gasteiger partial charge in [-0.25, -0.2) is 4.98 Å². The molecule has 7 heteroatoms. The fraction of sp³-hybridized carbons (Fsp3) is 0.417. The summed E-state index contributed by atoms with van der Waals surface area (Å²) in [5, 5.41) is 14.6. The molecule has 0 aromatic carbocycles. The van der Waals surface area contributed by atoms with Crippen LogP contribution in [0.25, 0.3) is 0 Å². The number of hydrogen-bond acceptors (Lipinski definition) is 5. The van der Waals surface area contributed by atoms with Gasteiger partial charge >= 0.3 is 0 Å². The molecule has 2 rings (SSSR count). The van der Waals surface area contributed by atoms with Gasteiger partial charge in [-0.05, 0) is 6.42 Å². The molecule has 19 heavy (non-hydrogen) atoms. The lowest BCUT2D eigenvalue weighted by Gasteiger charge is -2.27. The summed E-state index contributed by atoms with van der Waals surface area (Å²) in [5.74, 6) is -0.477. The Morgan fingerprint density at radius 2 is 2.42 bits per heavy atom. The molecule has 6 nitrogen and oxygen atoms in total. The molecule has 1 aliphatic rings. The fourth-order valence-electron chi connectivity index (χ4n) is 1.61. The van der Waals surface area contributed by atoms with E-state index in [1.165, 1.54) is 12.3 Å². The molecule has 0 aliphatic carbocycles. The number of ether oxygens (including phenoxy) is 1. The van der Waals surface area contributed by atoms with E-state index in [9.17, 15) is 4.79 Å². The summed E-state index contributed by atoms with van der Waals surface area (Å²) in [6, 6.07) is 3.43. The molecule has 0 radical (unpaired) electrons. The third kappa shape index (κ3) is 3.56. The third-order valence-corrected chi connectivity index (χ3v) is 2.97. The van der Waals surface area contributed by atoms with E-state index in [0.717, 1.165) is 13.0 Å². The van der Waals surface area contributed by atoms with Crippen LogP contribution in [0.1, 0.15) is 12.1 Å². The van der Waals surface area contributed by atoms with E-state index in [-0.39, 0.29) is 23.6 Å². The molecule has 0 bridgehead atoms. The largest absolute Gasteiger partial charge is 0.380 e. The highest BCUT2D eigenvalue weighted by molar-refractivity contribution is 6.29. The van der Waals surface area contributed by atoms with Gasteiger partial charge in [-0.2, -0.15) is 5.26 Å². The van der Waals surface area contributed by atoms with Gasteiger partial charge in [-0.15, -0.1) is 11.6 Å². The van der Waals surface area contributed by atoms with E-state index in [1.807, 2.05) is 6.07 Å². The Bertz CT molecular complexity index is 511. The number of nitrogens with zero attached hydrogens (tertiary/aromatic N) is 2. The summed E-state index contributed by atoms with van der Waals surface area (Å²) in [4.78, 5) is 15.3. The van der Waals surface area contributed by atoms with Crippen LogP contribution in [-0.4, -0.2) is 36.0 Å². The Morgan fingerprint density at radius 3 is 3.00 bits per heavy atom. The number of amides is 1. The number of hydrogen-bond donors (Lipinski definition) is 2. The number of nitrogens with one attached hydrogen (secondary N) is 2. The number of alkyl halides is 1. The maximum atomic E-state index is 11.3. The second-order valence-corrected chi connectivity index (χ2v) is 4.34. The van der Waals surface area contributed by atoms with Crippen molar-refractivity contribution < 1.29 is 9.53 Å². The van der Waals surface area contributed by atoms with Gasteiger partial charge in [0.15, 0.2) is 0 Å². The van der Waals surface area contributed by atoms with E-state index in [4.69, 9.17) is 21.6 Å². The minimum absolute atomic E-state index is 0.143. The number of halogens is 1. The van der Waals surface area contributed by atoms with E-state index in [1.54, 1.807) is 0 Å². The first kappa shape index (κ1) is 13.6. The minimum Gasteiger partial charge on any atom is -0.380 e. The molecule has 1 atom stereocenters. The van der Waals surface area contributed by atoms with Crippen LogP contribution < -0.4 is 10.6 Å². The van der Waals surface area contributed by atoms with E-state index in [2.05, 4.69) is 15.6 Å². The van der Waals surface area contributed by atoms with Crippen LogP contribution in [0.2, 0.25) is 0 Å². The highest BCUT2D eigenvalue weighted by Gasteiger charge is 2.18. The highest BCUT2D eigenvalue weighted by Crippen LogP contribution is 2.22. The molecule has 1 fully saturated rings. The zero-order valence-corrected chi connectivity index (χ0v) is 10.9. The standard InChI is InChI=1S/C12H13ClN4O2/c13-4-12(18)17-10-3-8(5-14)15-7-11(10)16-6-9-1-2-19-9/h3,7,9,16H,1-2,4,6H2,(H,15,17,18)/t9-/m0/s1. The van der Waals surface area contributed by atoms with Crippen molar-refractivity contribution >= 4 is 28.9 Å². The summed E-state index contributed by atoms with van der Waals surface area (Å²) in [5.41, 5.74) is 1.37. The number of rotatable bonds is 5. The molecule has 1 saturated heterocycles. The molecule has 1 aliphatic heterocycles. The van der Waals surface area contributed by atoms with Gasteiger partial charge in [0.2, 0.25) is 5.91 Å². The van der Waals surface area contributed by atoms with Crippen LogP contribution in [0.15, 0.2) is 12.3 Å². The second kappa shape index (κ2) is 6.36. The van der Waals surface area contributed by atoms with Gasteiger partial charge in [0, 0.05) is 19.2 Å². The Labute approximate surface area is 115 Å². The van der Waals surface area contributed by atoms with Crippen molar-refractivity contribution in [2.24, 2.45) is 0 Å². The summed E-state index contributed by atoms with van der Waals surface area (Å²) >= 11 is 5.45. The van der Waals surface area contributed by atoms with Crippen LogP contribution in [0.4, 0.5) is 11.4 Å². The SMILES string of the molecule is N#Cc1cc(NC(=O)CCl)c(NC[C@@H]2CCO2)cn1. The molecule has 0 spiro atoms. The lowest BCUT2D eigenvalue weighted by molar-refractivity contribution is -0.113. The van der Waals surface area contributed by atoms with Crippen LogP contribution in [0.3, 0.4) is 0 Å². The Hall–Kier alpha value is -1.84. The number of carbonyl (C=O) groups excluding carboxylic acids is 1. The predicted molar refractivity (Wildman–Crippen MR) is 71.1 cm³/mol. The number of pyridine rings is 1. The monoisotopic (exact) mass is 280 g/mol. The average Bonchev–Trinajstić information content (AvgIpc) is 2.38. The molecule has 1 aromatic heterocycles. The van der Waals surface area contributed by atoms with Crippen LogP contribution >= 0.6 is 11.6 Å². The first-order valence-electron chi connectivity index (χ1n) is 5.84. The van der Waals surface area contributed by atoms with Gasteiger partial charge in [-0.1, -0.05) is 0 Å². The van der Waals surface area contributed by atoms with E-state index < -0.39 is 0 Å². The van der Waals surface area contributed by atoms with E-state index in [0.29, 0.717) is 17.9 Å². The van der Waals surface area contributed by atoms with Crippen molar-refractivity contribution in [3.05, 3.63) is 18.0 Å².